The molecule has 0 radical (unpaired) electrons. The third kappa shape index (κ3) is 2.20. The molecule has 1 aliphatic rings. The molecule has 0 aromatic carbocycles. The Kier molecular flexibility index (Phi) is 3.00. The van der Waals surface area contributed by atoms with E-state index in [9.17, 15) is 0 Å². The summed E-state index contributed by atoms with van der Waals surface area (Å²) < 4.78 is 7.00. The molecule has 0 N–H and O–H groups in total. The van der Waals surface area contributed by atoms with Crippen LogP contribution in [0.2, 0.25) is 5.15 Å². The van der Waals surface area contributed by atoms with Gasteiger partial charge in [0.1, 0.15) is 5.15 Å². The van der Waals surface area contributed by atoms with Crippen LogP contribution in [0.3, 0.4) is 0 Å². The molecule has 112 valence electrons. The van der Waals surface area contributed by atoms with Crippen LogP contribution in [0.5, 0.6) is 0 Å². The lowest BCUT2D eigenvalue weighted by Crippen LogP contribution is -1.94. The van der Waals surface area contributed by atoms with Gasteiger partial charge in [-0.2, -0.15) is 10.1 Å². The first kappa shape index (κ1) is 13.5. The van der Waals surface area contributed by atoms with E-state index in [1.165, 1.54) is 12.8 Å². The fraction of sp³-hybridized carbons (Fsp3) is 0.333. The summed E-state index contributed by atoms with van der Waals surface area (Å²) in [5.41, 5.74) is 3.62. The molecule has 6 nitrogen and oxygen atoms in total. The SMILES string of the molecule is Cc1ccc(-c2nc(-c3cnn(C)c3Cl)no2)c(C2CC2)n1. The molecule has 0 saturated heterocycles. The molecule has 4 rings (SSSR count). The third-order valence-corrected chi connectivity index (χ3v) is 4.24. The Hall–Kier alpha value is -2.21. The molecule has 1 aliphatic carbocycles. The average Bonchev–Trinajstić information content (AvgIpc) is 3.16. The average molecular weight is 316 g/mol. The molecule has 0 unspecified atom stereocenters. The molecule has 0 spiro atoms. The fourth-order valence-electron chi connectivity index (χ4n) is 2.44. The number of aryl methyl sites for hydroxylation is 2. The van der Waals surface area contributed by atoms with Gasteiger partial charge in [0.2, 0.25) is 5.82 Å². The van der Waals surface area contributed by atoms with E-state index in [1.54, 1.807) is 17.9 Å². The molecule has 1 fully saturated rings. The summed E-state index contributed by atoms with van der Waals surface area (Å²) in [6.45, 7) is 1.99. The summed E-state index contributed by atoms with van der Waals surface area (Å²) in [6, 6.07) is 3.96. The van der Waals surface area contributed by atoms with Gasteiger partial charge in [0.15, 0.2) is 0 Å². The standard InChI is InChI=1S/C15H14ClN5O/c1-8-3-6-10(12(18-8)9-4-5-9)15-19-14(20-22-15)11-7-17-21(2)13(11)16/h3,6-7,9H,4-5H2,1-2H3. The van der Waals surface area contributed by atoms with Crippen molar-refractivity contribution in [3.8, 4) is 22.8 Å². The van der Waals surface area contributed by atoms with Gasteiger partial charge < -0.3 is 4.52 Å². The highest BCUT2D eigenvalue weighted by Gasteiger charge is 2.30. The van der Waals surface area contributed by atoms with E-state index in [0.717, 1.165) is 17.0 Å². The molecule has 22 heavy (non-hydrogen) atoms. The molecular formula is C15H14ClN5O. The largest absolute Gasteiger partial charge is 0.334 e. The van der Waals surface area contributed by atoms with Crippen LogP contribution in [0.15, 0.2) is 22.9 Å². The molecule has 0 bridgehead atoms. The second-order valence-electron chi connectivity index (χ2n) is 5.56. The van der Waals surface area contributed by atoms with Crippen molar-refractivity contribution in [2.24, 2.45) is 7.05 Å². The monoisotopic (exact) mass is 315 g/mol. The topological polar surface area (TPSA) is 69.6 Å². The van der Waals surface area contributed by atoms with E-state index in [-0.39, 0.29) is 0 Å². The molecule has 3 aromatic heterocycles. The van der Waals surface area contributed by atoms with Gasteiger partial charge in [-0.1, -0.05) is 16.8 Å². The number of rotatable bonds is 3. The quantitative estimate of drug-likeness (QED) is 0.741. The van der Waals surface area contributed by atoms with E-state index < -0.39 is 0 Å². The Bertz CT molecular complexity index is 849. The number of halogens is 1. The molecule has 1 saturated carbocycles. The first-order valence-corrected chi connectivity index (χ1v) is 7.51. The maximum Gasteiger partial charge on any atom is 0.260 e. The van der Waals surface area contributed by atoms with Crippen LogP contribution in [0.25, 0.3) is 22.8 Å². The van der Waals surface area contributed by atoms with Crippen molar-refractivity contribution >= 4 is 11.6 Å². The summed E-state index contributed by atoms with van der Waals surface area (Å²) >= 11 is 6.18. The number of hydrogen-bond acceptors (Lipinski definition) is 5. The van der Waals surface area contributed by atoms with Crippen molar-refractivity contribution < 1.29 is 4.52 Å². The van der Waals surface area contributed by atoms with E-state index in [2.05, 4.69) is 20.2 Å². The zero-order valence-electron chi connectivity index (χ0n) is 12.2. The van der Waals surface area contributed by atoms with Crippen LogP contribution < -0.4 is 0 Å². The maximum absolute atomic E-state index is 6.18. The van der Waals surface area contributed by atoms with Crippen molar-refractivity contribution in [2.75, 3.05) is 0 Å². The van der Waals surface area contributed by atoms with Crippen LogP contribution in [-0.4, -0.2) is 24.9 Å². The zero-order valence-corrected chi connectivity index (χ0v) is 13.0. The highest BCUT2D eigenvalue weighted by Crippen LogP contribution is 2.43. The summed E-state index contributed by atoms with van der Waals surface area (Å²) in [6.07, 6.45) is 3.96. The summed E-state index contributed by atoms with van der Waals surface area (Å²) in [5.74, 6) is 1.42. The predicted molar refractivity (Wildman–Crippen MR) is 81.5 cm³/mol. The van der Waals surface area contributed by atoms with Gasteiger partial charge >= 0.3 is 0 Å². The Labute approximate surface area is 132 Å². The summed E-state index contributed by atoms with van der Waals surface area (Å²) in [4.78, 5) is 9.11. The van der Waals surface area contributed by atoms with Crippen molar-refractivity contribution in [3.05, 3.63) is 34.9 Å². The summed E-state index contributed by atoms with van der Waals surface area (Å²) in [7, 11) is 1.77. The van der Waals surface area contributed by atoms with Gasteiger partial charge in [0.25, 0.3) is 5.89 Å². The zero-order chi connectivity index (χ0) is 15.3. The van der Waals surface area contributed by atoms with Gasteiger partial charge in [0.05, 0.1) is 23.0 Å². The minimum absolute atomic E-state index is 0.440. The van der Waals surface area contributed by atoms with Gasteiger partial charge in [-0.25, -0.2) is 0 Å². The van der Waals surface area contributed by atoms with Gasteiger partial charge in [-0.05, 0) is 31.9 Å². The van der Waals surface area contributed by atoms with Crippen molar-refractivity contribution in [1.82, 2.24) is 24.9 Å². The number of pyridine rings is 1. The van der Waals surface area contributed by atoms with Gasteiger partial charge in [-0.3, -0.25) is 9.67 Å². The predicted octanol–water partition coefficient (Wildman–Crippen LogP) is 3.37. The second kappa shape index (κ2) is 4.91. The Balaban J connectivity index is 1.77. The van der Waals surface area contributed by atoms with Crippen molar-refractivity contribution in [1.29, 1.82) is 0 Å². The highest BCUT2D eigenvalue weighted by atomic mass is 35.5. The molecule has 7 heteroatoms. The first-order chi connectivity index (χ1) is 10.6. The van der Waals surface area contributed by atoms with E-state index in [4.69, 9.17) is 16.1 Å². The Morgan fingerprint density at radius 1 is 1.23 bits per heavy atom. The van der Waals surface area contributed by atoms with Crippen LogP contribution in [-0.2, 0) is 7.05 Å². The minimum Gasteiger partial charge on any atom is -0.334 e. The molecule has 0 atom stereocenters. The Morgan fingerprint density at radius 3 is 2.73 bits per heavy atom. The van der Waals surface area contributed by atoms with E-state index >= 15 is 0 Å². The maximum atomic E-state index is 6.18. The number of aromatic nitrogens is 5. The minimum atomic E-state index is 0.440. The Morgan fingerprint density at radius 2 is 2.05 bits per heavy atom. The smallest absolute Gasteiger partial charge is 0.260 e. The van der Waals surface area contributed by atoms with Crippen LogP contribution in [0, 0.1) is 6.92 Å². The molecule has 0 aliphatic heterocycles. The fourth-order valence-corrected chi connectivity index (χ4v) is 2.62. The number of nitrogens with zero attached hydrogens (tertiary/aromatic N) is 5. The summed E-state index contributed by atoms with van der Waals surface area (Å²) in [5, 5.41) is 8.60. The first-order valence-electron chi connectivity index (χ1n) is 7.13. The van der Waals surface area contributed by atoms with Gasteiger partial charge in [0, 0.05) is 18.7 Å². The van der Waals surface area contributed by atoms with Crippen LogP contribution >= 0.6 is 11.6 Å². The van der Waals surface area contributed by atoms with E-state index in [0.29, 0.717) is 28.3 Å². The van der Waals surface area contributed by atoms with Crippen molar-refractivity contribution in [3.63, 3.8) is 0 Å². The second-order valence-corrected chi connectivity index (χ2v) is 5.91. The lowest BCUT2D eigenvalue weighted by Gasteiger charge is -2.04. The van der Waals surface area contributed by atoms with Crippen LogP contribution in [0.1, 0.15) is 30.1 Å². The molecular weight excluding hydrogens is 302 g/mol. The van der Waals surface area contributed by atoms with E-state index in [1.807, 2.05) is 19.1 Å². The molecule has 3 aromatic rings. The highest BCUT2D eigenvalue weighted by molar-refractivity contribution is 6.32. The number of hydrogen-bond donors (Lipinski definition) is 0. The molecule has 0 amide bonds. The lowest BCUT2D eigenvalue weighted by atomic mass is 10.1. The van der Waals surface area contributed by atoms with Crippen molar-refractivity contribution in [2.45, 2.75) is 25.7 Å². The normalized spacial score (nSPS) is 14.5. The van der Waals surface area contributed by atoms with Gasteiger partial charge in [-0.15, -0.1) is 0 Å². The lowest BCUT2D eigenvalue weighted by molar-refractivity contribution is 0.431. The third-order valence-electron chi connectivity index (χ3n) is 3.79. The van der Waals surface area contributed by atoms with Crippen LogP contribution in [0.4, 0.5) is 0 Å². The molecule has 3 heterocycles.